The number of carbonyl (C=O) groups excluding carboxylic acids is 2. The van der Waals surface area contributed by atoms with Gasteiger partial charge >= 0.3 is 12.1 Å². The molecule has 2 aromatic rings. The SMILES string of the molecule is CC(CC(=O)N(CC(=O)O)CC1CC1)NC(=O)OCC1c2ccccc2-c2ccccc21. The van der Waals surface area contributed by atoms with Crippen LogP contribution in [-0.4, -0.2) is 53.7 Å². The van der Waals surface area contributed by atoms with Crippen LogP contribution in [0, 0.1) is 5.92 Å². The van der Waals surface area contributed by atoms with Crippen molar-refractivity contribution in [3.63, 3.8) is 0 Å². The van der Waals surface area contributed by atoms with Gasteiger partial charge in [0.1, 0.15) is 13.2 Å². The zero-order valence-corrected chi connectivity index (χ0v) is 18.1. The first kappa shape index (κ1) is 21.9. The van der Waals surface area contributed by atoms with Crippen LogP contribution in [0.4, 0.5) is 4.79 Å². The van der Waals surface area contributed by atoms with Crippen LogP contribution in [0.3, 0.4) is 0 Å². The molecule has 0 bridgehead atoms. The minimum Gasteiger partial charge on any atom is -0.480 e. The molecule has 0 aliphatic heterocycles. The lowest BCUT2D eigenvalue weighted by atomic mass is 9.98. The average molecular weight is 437 g/mol. The number of hydrogen-bond acceptors (Lipinski definition) is 4. The Labute approximate surface area is 187 Å². The highest BCUT2D eigenvalue weighted by atomic mass is 16.5. The Balaban J connectivity index is 1.31. The van der Waals surface area contributed by atoms with Gasteiger partial charge in [-0.25, -0.2) is 4.79 Å². The van der Waals surface area contributed by atoms with Gasteiger partial charge < -0.3 is 20.1 Å². The van der Waals surface area contributed by atoms with Gasteiger partial charge in [0.05, 0.1) is 0 Å². The predicted octanol–water partition coefficient (Wildman–Crippen LogP) is 3.63. The molecule has 1 atom stereocenters. The zero-order valence-electron chi connectivity index (χ0n) is 18.1. The van der Waals surface area contributed by atoms with Gasteiger partial charge in [0.15, 0.2) is 0 Å². The summed E-state index contributed by atoms with van der Waals surface area (Å²) in [5.41, 5.74) is 4.58. The van der Waals surface area contributed by atoms with Gasteiger partial charge in [0.2, 0.25) is 5.91 Å². The molecule has 0 heterocycles. The third-order valence-corrected chi connectivity index (χ3v) is 6.04. The number of carboxylic acid groups (broad SMARTS) is 1. The molecule has 0 radical (unpaired) electrons. The average Bonchev–Trinajstić information content (AvgIpc) is 3.52. The van der Waals surface area contributed by atoms with Gasteiger partial charge in [-0.3, -0.25) is 9.59 Å². The molecule has 168 valence electrons. The molecule has 0 saturated heterocycles. The number of carbonyl (C=O) groups is 3. The number of aliphatic carboxylic acids is 1. The van der Waals surface area contributed by atoms with Crippen LogP contribution in [0.1, 0.15) is 43.2 Å². The molecule has 1 saturated carbocycles. The monoisotopic (exact) mass is 436 g/mol. The number of fused-ring (bicyclic) bond motifs is 3. The number of carboxylic acids is 1. The van der Waals surface area contributed by atoms with Crippen molar-refractivity contribution >= 4 is 18.0 Å². The first-order valence-electron chi connectivity index (χ1n) is 11.0. The number of rotatable bonds is 9. The molecule has 7 heteroatoms. The molecule has 1 fully saturated rings. The summed E-state index contributed by atoms with van der Waals surface area (Å²) in [6.45, 7) is 2.07. The van der Waals surface area contributed by atoms with Crippen molar-refractivity contribution in [2.24, 2.45) is 5.92 Å². The van der Waals surface area contributed by atoms with Gasteiger partial charge in [-0.15, -0.1) is 0 Å². The topological polar surface area (TPSA) is 95.9 Å². The van der Waals surface area contributed by atoms with E-state index >= 15 is 0 Å². The van der Waals surface area contributed by atoms with Crippen molar-refractivity contribution < 1.29 is 24.2 Å². The number of amides is 2. The Morgan fingerprint density at radius 3 is 2.22 bits per heavy atom. The first-order chi connectivity index (χ1) is 15.4. The maximum Gasteiger partial charge on any atom is 0.407 e. The molecule has 0 aromatic heterocycles. The Hall–Kier alpha value is -3.35. The van der Waals surface area contributed by atoms with Crippen LogP contribution in [0.2, 0.25) is 0 Å². The maximum atomic E-state index is 12.5. The summed E-state index contributed by atoms with van der Waals surface area (Å²) >= 11 is 0. The Kier molecular flexibility index (Phi) is 6.44. The standard InChI is InChI=1S/C25H28N2O5/c1-16(12-23(28)27(14-24(29)30)13-17-10-11-17)26-25(31)32-15-22-20-8-4-2-6-18(20)19-7-3-5-9-21(19)22/h2-9,16-17,22H,10-15H2,1H3,(H,26,31)(H,29,30). The second-order valence-electron chi connectivity index (χ2n) is 8.69. The molecular formula is C25H28N2O5. The molecule has 2 amide bonds. The van der Waals surface area contributed by atoms with Crippen molar-refractivity contribution in [1.82, 2.24) is 10.2 Å². The van der Waals surface area contributed by atoms with Gasteiger partial charge in [-0.05, 0) is 47.9 Å². The smallest absolute Gasteiger partial charge is 0.407 e. The fourth-order valence-electron chi connectivity index (χ4n) is 4.31. The molecule has 2 N–H and O–H groups in total. The third-order valence-electron chi connectivity index (χ3n) is 6.04. The molecule has 32 heavy (non-hydrogen) atoms. The van der Waals surface area contributed by atoms with Gasteiger partial charge in [0.25, 0.3) is 0 Å². The highest BCUT2D eigenvalue weighted by Gasteiger charge is 2.30. The lowest BCUT2D eigenvalue weighted by molar-refractivity contribution is -0.144. The van der Waals surface area contributed by atoms with Crippen LogP contribution in [-0.2, 0) is 14.3 Å². The summed E-state index contributed by atoms with van der Waals surface area (Å²) in [5.74, 6) is -0.944. The second kappa shape index (κ2) is 9.42. The summed E-state index contributed by atoms with van der Waals surface area (Å²) in [4.78, 5) is 37.4. The Morgan fingerprint density at radius 2 is 1.66 bits per heavy atom. The van der Waals surface area contributed by atoms with Crippen LogP contribution >= 0.6 is 0 Å². The Morgan fingerprint density at radius 1 is 1.06 bits per heavy atom. The molecule has 0 spiro atoms. The van der Waals surface area contributed by atoms with E-state index in [0.717, 1.165) is 35.1 Å². The highest BCUT2D eigenvalue weighted by Crippen LogP contribution is 2.44. The number of alkyl carbamates (subject to hydrolysis) is 1. The van der Waals surface area contributed by atoms with E-state index in [4.69, 9.17) is 9.84 Å². The van der Waals surface area contributed by atoms with Crippen LogP contribution in [0.5, 0.6) is 0 Å². The van der Waals surface area contributed by atoms with Crippen LogP contribution < -0.4 is 5.32 Å². The molecule has 2 aliphatic carbocycles. The number of ether oxygens (including phenoxy) is 1. The second-order valence-corrected chi connectivity index (χ2v) is 8.69. The van der Waals surface area contributed by atoms with Crippen LogP contribution in [0.15, 0.2) is 48.5 Å². The van der Waals surface area contributed by atoms with Crippen molar-refractivity contribution in [3.8, 4) is 11.1 Å². The van der Waals surface area contributed by atoms with E-state index in [2.05, 4.69) is 29.6 Å². The number of benzene rings is 2. The summed E-state index contributed by atoms with van der Waals surface area (Å²) < 4.78 is 5.52. The first-order valence-corrected chi connectivity index (χ1v) is 11.0. The molecular weight excluding hydrogens is 408 g/mol. The van der Waals surface area contributed by atoms with Crippen molar-refractivity contribution in [2.75, 3.05) is 19.7 Å². The van der Waals surface area contributed by atoms with E-state index in [1.807, 2.05) is 24.3 Å². The Bertz CT molecular complexity index is 971. The van der Waals surface area contributed by atoms with E-state index in [1.54, 1.807) is 6.92 Å². The lowest BCUT2D eigenvalue weighted by Crippen LogP contribution is -2.42. The number of nitrogens with one attached hydrogen (secondary N) is 1. The molecule has 4 rings (SSSR count). The normalized spacial score (nSPS) is 15.4. The van der Waals surface area contributed by atoms with Gasteiger partial charge in [-0.2, -0.15) is 0 Å². The van der Waals surface area contributed by atoms with Crippen molar-refractivity contribution in [1.29, 1.82) is 0 Å². The minimum absolute atomic E-state index is 0.0319. The van der Waals surface area contributed by atoms with E-state index in [0.29, 0.717) is 12.5 Å². The quantitative estimate of drug-likeness (QED) is 0.626. The minimum atomic E-state index is -1.03. The van der Waals surface area contributed by atoms with Gasteiger partial charge in [0, 0.05) is 24.9 Å². The van der Waals surface area contributed by atoms with E-state index in [-0.39, 0.29) is 31.4 Å². The third kappa shape index (κ3) is 5.10. The molecule has 2 aromatic carbocycles. The predicted molar refractivity (Wildman–Crippen MR) is 119 cm³/mol. The van der Waals surface area contributed by atoms with E-state index in [9.17, 15) is 14.4 Å². The summed E-state index contributed by atoms with van der Waals surface area (Å²) in [7, 11) is 0. The molecule has 1 unspecified atom stereocenters. The lowest BCUT2D eigenvalue weighted by Gasteiger charge is -2.23. The summed E-state index contributed by atoms with van der Waals surface area (Å²) in [6.07, 6.45) is 1.50. The molecule has 2 aliphatic rings. The summed E-state index contributed by atoms with van der Waals surface area (Å²) in [6, 6.07) is 15.8. The van der Waals surface area contributed by atoms with E-state index < -0.39 is 18.1 Å². The van der Waals surface area contributed by atoms with Gasteiger partial charge in [-0.1, -0.05) is 48.5 Å². The van der Waals surface area contributed by atoms with Crippen molar-refractivity contribution in [3.05, 3.63) is 59.7 Å². The zero-order chi connectivity index (χ0) is 22.7. The fourth-order valence-corrected chi connectivity index (χ4v) is 4.31. The number of nitrogens with zero attached hydrogens (tertiary/aromatic N) is 1. The highest BCUT2D eigenvalue weighted by molar-refractivity contribution is 5.82. The fraction of sp³-hybridized carbons (Fsp3) is 0.400. The summed E-state index contributed by atoms with van der Waals surface area (Å²) in [5, 5.41) is 11.8. The number of hydrogen-bond donors (Lipinski definition) is 2. The van der Waals surface area contributed by atoms with E-state index in [1.165, 1.54) is 4.90 Å². The largest absolute Gasteiger partial charge is 0.480 e. The maximum absolute atomic E-state index is 12.5. The molecule has 7 nitrogen and oxygen atoms in total. The van der Waals surface area contributed by atoms with Crippen molar-refractivity contribution in [2.45, 2.75) is 38.1 Å². The van der Waals surface area contributed by atoms with Crippen LogP contribution in [0.25, 0.3) is 11.1 Å².